The van der Waals surface area contributed by atoms with E-state index in [0.717, 1.165) is 53.3 Å². The molecular formula is C27H25F2N5O. The van der Waals surface area contributed by atoms with Gasteiger partial charge in [-0.05, 0) is 53.9 Å². The van der Waals surface area contributed by atoms with Crippen molar-refractivity contribution in [2.75, 3.05) is 36.9 Å². The molecule has 0 saturated carbocycles. The number of nitrogens with two attached hydrogens (primary N) is 1. The van der Waals surface area contributed by atoms with Crippen LogP contribution in [0.3, 0.4) is 0 Å². The molecule has 0 bridgehead atoms. The van der Waals surface area contributed by atoms with Gasteiger partial charge in [0.25, 0.3) is 0 Å². The normalized spacial score (nSPS) is 20.1. The first-order valence-corrected chi connectivity index (χ1v) is 11.8. The molecule has 4 heterocycles. The van der Waals surface area contributed by atoms with Gasteiger partial charge >= 0.3 is 0 Å². The Labute approximate surface area is 201 Å². The third-order valence-electron chi connectivity index (χ3n) is 6.88. The summed E-state index contributed by atoms with van der Waals surface area (Å²) < 4.78 is 34.5. The minimum atomic E-state index is -0.624. The highest BCUT2D eigenvalue weighted by atomic mass is 19.1. The van der Waals surface area contributed by atoms with Crippen LogP contribution in [0.25, 0.3) is 33.2 Å². The maximum atomic E-state index is 14.2. The number of morpholine rings is 1. The molecule has 2 aromatic heterocycles. The lowest BCUT2D eigenvalue weighted by Crippen LogP contribution is -2.57. The summed E-state index contributed by atoms with van der Waals surface area (Å²) in [5.74, 6) is -0.810. The average molecular weight is 474 g/mol. The van der Waals surface area contributed by atoms with Crippen molar-refractivity contribution < 1.29 is 13.5 Å². The van der Waals surface area contributed by atoms with Crippen LogP contribution >= 0.6 is 0 Å². The van der Waals surface area contributed by atoms with E-state index in [4.69, 9.17) is 10.5 Å². The van der Waals surface area contributed by atoms with Crippen LogP contribution in [-0.4, -0.2) is 48.4 Å². The van der Waals surface area contributed by atoms with E-state index < -0.39 is 11.6 Å². The van der Waals surface area contributed by atoms with Crippen molar-refractivity contribution in [3.8, 4) is 22.3 Å². The first kappa shape index (κ1) is 21.9. The molecule has 0 spiro atoms. The Kier molecular flexibility index (Phi) is 5.54. The standard InChI is InChI=1S/C27H25F2N5O/c28-18-10-17(11-19(29)13-18)22-14-33-23-4-3-16(20-2-1-6-32-27(20)30)12-21(23)26(22)34-8-5-24-25(15-34)35-9-7-31-24/h1-4,6,10-14,24-25,31H,5,7-9,15H2,(H2,30,32)/t24-,25-/m1/s1. The molecule has 0 unspecified atom stereocenters. The topological polar surface area (TPSA) is 76.3 Å². The zero-order valence-electron chi connectivity index (χ0n) is 19.0. The number of aromatic nitrogens is 2. The Balaban J connectivity index is 1.55. The Morgan fingerprint density at radius 3 is 2.69 bits per heavy atom. The molecule has 3 N–H and O–H groups in total. The second-order valence-corrected chi connectivity index (χ2v) is 9.05. The third kappa shape index (κ3) is 4.09. The third-order valence-corrected chi connectivity index (χ3v) is 6.88. The molecule has 4 aromatic rings. The van der Waals surface area contributed by atoms with Gasteiger partial charge in [-0.15, -0.1) is 0 Å². The van der Waals surface area contributed by atoms with E-state index in [1.165, 1.54) is 12.1 Å². The first-order chi connectivity index (χ1) is 17.1. The fraction of sp³-hybridized carbons (Fsp3) is 0.259. The Bertz CT molecular complexity index is 1390. The number of hydrogen-bond acceptors (Lipinski definition) is 6. The van der Waals surface area contributed by atoms with Gasteiger partial charge < -0.3 is 20.7 Å². The van der Waals surface area contributed by atoms with Gasteiger partial charge in [-0.3, -0.25) is 4.98 Å². The van der Waals surface area contributed by atoms with Crippen molar-refractivity contribution in [2.45, 2.75) is 18.6 Å². The molecule has 0 amide bonds. The SMILES string of the molecule is Nc1ncccc1-c1ccc2ncc(-c3cc(F)cc(F)c3)c(N3CC[C@H]4NCCO[C@@H]4C3)c2c1. The largest absolute Gasteiger partial charge is 0.383 e. The van der Waals surface area contributed by atoms with Crippen molar-refractivity contribution in [3.05, 3.63) is 72.6 Å². The van der Waals surface area contributed by atoms with Crippen molar-refractivity contribution in [2.24, 2.45) is 0 Å². The summed E-state index contributed by atoms with van der Waals surface area (Å²) in [6.45, 7) is 2.96. The summed E-state index contributed by atoms with van der Waals surface area (Å²) in [6, 6.07) is 13.6. The lowest BCUT2D eigenvalue weighted by molar-refractivity contribution is -0.00896. The van der Waals surface area contributed by atoms with Crippen LogP contribution in [0.15, 0.2) is 60.9 Å². The van der Waals surface area contributed by atoms with Gasteiger partial charge in [0.05, 0.1) is 23.9 Å². The number of halogens is 2. The molecule has 0 aliphatic carbocycles. The van der Waals surface area contributed by atoms with Crippen LogP contribution in [-0.2, 0) is 4.74 Å². The van der Waals surface area contributed by atoms with Gasteiger partial charge in [-0.2, -0.15) is 0 Å². The molecule has 2 fully saturated rings. The zero-order chi connectivity index (χ0) is 23.9. The number of anilines is 2. The number of nitrogen functional groups attached to an aromatic ring is 1. The fourth-order valence-corrected chi connectivity index (χ4v) is 5.25. The van der Waals surface area contributed by atoms with Crippen molar-refractivity contribution in [1.29, 1.82) is 0 Å². The van der Waals surface area contributed by atoms with E-state index in [0.29, 0.717) is 36.1 Å². The van der Waals surface area contributed by atoms with E-state index in [9.17, 15) is 8.78 Å². The zero-order valence-corrected chi connectivity index (χ0v) is 19.0. The lowest BCUT2D eigenvalue weighted by Gasteiger charge is -2.43. The molecule has 2 aliphatic heterocycles. The summed E-state index contributed by atoms with van der Waals surface area (Å²) in [6.07, 6.45) is 4.30. The molecule has 8 heteroatoms. The number of nitrogens with zero attached hydrogens (tertiary/aromatic N) is 3. The maximum absolute atomic E-state index is 14.2. The first-order valence-electron chi connectivity index (χ1n) is 11.8. The molecule has 2 saturated heterocycles. The predicted molar refractivity (Wildman–Crippen MR) is 133 cm³/mol. The van der Waals surface area contributed by atoms with Gasteiger partial charge in [0.1, 0.15) is 17.5 Å². The predicted octanol–water partition coefficient (Wildman–Crippen LogP) is 4.39. The van der Waals surface area contributed by atoms with Gasteiger partial charge in [0.2, 0.25) is 0 Å². The Morgan fingerprint density at radius 1 is 1.00 bits per heavy atom. The minimum Gasteiger partial charge on any atom is -0.383 e. The van der Waals surface area contributed by atoms with E-state index >= 15 is 0 Å². The molecule has 35 heavy (non-hydrogen) atoms. The monoisotopic (exact) mass is 473 g/mol. The molecule has 0 radical (unpaired) electrons. The number of pyridine rings is 2. The molecule has 178 valence electrons. The van der Waals surface area contributed by atoms with Crippen LogP contribution < -0.4 is 16.0 Å². The Hall–Kier alpha value is -3.62. The number of piperidine rings is 1. The summed E-state index contributed by atoms with van der Waals surface area (Å²) in [4.78, 5) is 11.1. The number of ether oxygens (including phenoxy) is 1. The van der Waals surface area contributed by atoms with Crippen molar-refractivity contribution in [1.82, 2.24) is 15.3 Å². The van der Waals surface area contributed by atoms with E-state index in [1.54, 1.807) is 12.4 Å². The summed E-state index contributed by atoms with van der Waals surface area (Å²) >= 11 is 0. The number of hydrogen-bond donors (Lipinski definition) is 2. The number of fused-ring (bicyclic) bond motifs is 2. The van der Waals surface area contributed by atoms with Crippen LogP contribution in [0, 0.1) is 11.6 Å². The van der Waals surface area contributed by atoms with Crippen LogP contribution in [0.2, 0.25) is 0 Å². The average Bonchev–Trinajstić information content (AvgIpc) is 2.87. The van der Waals surface area contributed by atoms with Gasteiger partial charge in [0.15, 0.2) is 0 Å². The van der Waals surface area contributed by atoms with Gasteiger partial charge in [0, 0.05) is 60.6 Å². The van der Waals surface area contributed by atoms with Crippen LogP contribution in [0.4, 0.5) is 20.3 Å². The van der Waals surface area contributed by atoms with E-state index in [2.05, 4.69) is 20.2 Å². The molecule has 2 aromatic carbocycles. The Morgan fingerprint density at radius 2 is 1.86 bits per heavy atom. The smallest absolute Gasteiger partial charge is 0.131 e. The molecule has 2 aliphatic rings. The second-order valence-electron chi connectivity index (χ2n) is 9.05. The van der Waals surface area contributed by atoms with Crippen molar-refractivity contribution in [3.63, 3.8) is 0 Å². The van der Waals surface area contributed by atoms with E-state index in [1.807, 2.05) is 30.3 Å². The van der Waals surface area contributed by atoms with Crippen LogP contribution in [0.5, 0.6) is 0 Å². The number of nitrogens with one attached hydrogen (secondary N) is 1. The summed E-state index contributed by atoms with van der Waals surface area (Å²) in [5.41, 5.74) is 10.7. The molecule has 6 rings (SSSR count). The maximum Gasteiger partial charge on any atom is 0.131 e. The highest BCUT2D eigenvalue weighted by molar-refractivity contribution is 6.02. The lowest BCUT2D eigenvalue weighted by atomic mass is 9.95. The fourth-order valence-electron chi connectivity index (χ4n) is 5.25. The highest BCUT2D eigenvalue weighted by Gasteiger charge is 2.33. The van der Waals surface area contributed by atoms with Gasteiger partial charge in [-0.25, -0.2) is 13.8 Å². The summed E-state index contributed by atoms with van der Waals surface area (Å²) in [5, 5.41) is 4.43. The highest BCUT2D eigenvalue weighted by Crippen LogP contribution is 2.40. The summed E-state index contributed by atoms with van der Waals surface area (Å²) in [7, 11) is 0. The van der Waals surface area contributed by atoms with E-state index in [-0.39, 0.29) is 6.10 Å². The quantitative estimate of drug-likeness (QED) is 0.460. The second kappa shape index (κ2) is 8.87. The van der Waals surface area contributed by atoms with Crippen LogP contribution in [0.1, 0.15) is 6.42 Å². The molecule has 2 atom stereocenters. The van der Waals surface area contributed by atoms with Crippen molar-refractivity contribution >= 4 is 22.4 Å². The van der Waals surface area contributed by atoms with Gasteiger partial charge in [-0.1, -0.05) is 6.07 Å². The minimum absolute atomic E-state index is 0.0370. The molecule has 6 nitrogen and oxygen atoms in total. The number of rotatable bonds is 3. The number of benzene rings is 2. The molecular weight excluding hydrogens is 448 g/mol.